The first-order valence-electron chi connectivity index (χ1n) is 7.40. The lowest BCUT2D eigenvalue weighted by Gasteiger charge is -2.39. The molecule has 0 aromatic rings. The van der Waals surface area contributed by atoms with Crippen LogP contribution >= 0.6 is 0 Å². The van der Waals surface area contributed by atoms with Crippen molar-refractivity contribution in [2.24, 2.45) is 0 Å². The summed E-state index contributed by atoms with van der Waals surface area (Å²) < 4.78 is 11.5. The first-order chi connectivity index (χ1) is 9.15. The molecule has 0 unspecified atom stereocenters. The summed E-state index contributed by atoms with van der Waals surface area (Å²) in [4.78, 5) is 13.8. The van der Waals surface area contributed by atoms with E-state index in [4.69, 9.17) is 9.47 Å². The second kappa shape index (κ2) is 6.68. The minimum absolute atomic E-state index is 0.143. The van der Waals surface area contributed by atoms with Crippen LogP contribution in [0.5, 0.6) is 0 Å². The molecule has 1 aliphatic heterocycles. The minimum Gasteiger partial charge on any atom is -0.356 e. The van der Waals surface area contributed by atoms with Crippen molar-refractivity contribution in [3.05, 3.63) is 0 Å². The molecule has 110 valence electrons. The predicted molar refractivity (Wildman–Crippen MR) is 72.8 cm³/mol. The maximum Gasteiger partial charge on any atom is 0.221 e. The van der Waals surface area contributed by atoms with Crippen molar-refractivity contribution in [3.63, 3.8) is 0 Å². The summed E-state index contributed by atoms with van der Waals surface area (Å²) in [6, 6.07) is 0.549. The Morgan fingerprint density at radius 2 is 1.95 bits per heavy atom. The average Bonchev–Trinajstić information content (AvgIpc) is 2.86. The van der Waals surface area contributed by atoms with Crippen molar-refractivity contribution in [2.75, 3.05) is 33.4 Å². The zero-order valence-electron chi connectivity index (χ0n) is 12.1. The van der Waals surface area contributed by atoms with E-state index in [2.05, 4.69) is 17.3 Å². The van der Waals surface area contributed by atoms with Gasteiger partial charge < -0.3 is 19.7 Å². The van der Waals surface area contributed by atoms with Gasteiger partial charge in [-0.2, -0.15) is 0 Å². The Balaban J connectivity index is 1.70. The van der Waals surface area contributed by atoms with Crippen LogP contribution in [-0.2, 0) is 14.3 Å². The number of nitrogens with zero attached hydrogens (tertiary/aromatic N) is 1. The maximum atomic E-state index is 11.5. The lowest BCUT2D eigenvalue weighted by Crippen LogP contribution is -2.43. The van der Waals surface area contributed by atoms with E-state index in [1.54, 1.807) is 0 Å². The van der Waals surface area contributed by atoms with Crippen molar-refractivity contribution in [3.8, 4) is 0 Å². The fraction of sp³-hybridized carbons (Fsp3) is 0.929. The standard InChI is InChI=1S/C14H26N2O3/c1-3-15-13(17)6-9-16(2)12-4-7-14(8-5-12)18-10-11-19-14/h12H,3-11H2,1-2H3,(H,15,17). The van der Waals surface area contributed by atoms with Crippen molar-refractivity contribution in [1.29, 1.82) is 0 Å². The molecule has 0 radical (unpaired) electrons. The fourth-order valence-corrected chi connectivity index (χ4v) is 3.01. The first kappa shape index (κ1) is 14.8. The van der Waals surface area contributed by atoms with Gasteiger partial charge in [-0.15, -0.1) is 0 Å². The topological polar surface area (TPSA) is 50.8 Å². The van der Waals surface area contributed by atoms with Crippen LogP contribution in [0.1, 0.15) is 39.0 Å². The molecular formula is C14H26N2O3. The molecule has 19 heavy (non-hydrogen) atoms. The van der Waals surface area contributed by atoms with Gasteiger partial charge in [-0.1, -0.05) is 0 Å². The van der Waals surface area contributed by atoms with Crippen LogP contribution in [-0.4, -0.2) is 56.0 Å². The van der Waals surface area contributed by atoms with E-state index >= 15 is 0 Å². The summed E-state index contributed by atoms with van der Waals surface area (Å²) in [5.74, 6) is -0.138. The minimum atomic E-state index is -0.281. The van der Waals surface area contributed by atoms with Crippen molar-refractivity contribution in [2.45, 2.75) is 50.9 Å². The SMILES string of the molecule is CCNC(=O)CCN(C)C1CCC2(CC1)OCCO2. The molecule has 2 aliphatic rings. The summed E-state index contributed by atoms with van der Waals surface area (Å²) in [5, 5.41) is 2.84. The van der Waals surface area contributed by atoms with Gasteiger partial charge in [0, 0.05) is 38.4 Å². The lowest BCUT2D eigenvalue weighted by atomic mass is 9.89. The highest BCUT2D eigenvalue weighted by atomic mass is 16.7. The number of carbonyl (C=O) groups is 1. The summed E-state index contributed by atoms with van der Waals surface area (Å²) in [6.07, 6.45) is 4.71. The third-order valence-electron chi connectivity index (χ3n) is 4.22. The third kappa shape index (κ3) is 3.91. The van der Waals surface area contributed by atoms with Crippen molar-refractivity contribution in [1.82, 2.24) is 10.2 Å². The zero-order chi connectivity index (χ0) is 13.7. The number of nitrogens with one attached hydrogen (secondary N) is 1. The Labute approximate surface area is 115 Å². The quantitative estimate of drug-likeness (QED) is 0.813. The summed E-state index contributed by atoms with van der Waals surface area (Å²) in [7, 11) is 2.11. The number of carbonyl (C=O) groups excluding carboxylic acids is 1. The van der Waals surface area contributed by atoms with Gasteiger partial charge in [0.05, 0.1) is 13.2 Å². The molecule has 0 atom stereocenters. The molecule has 1 amide bonds. The molecule has 0 aromatic carbocycles. The summed E-state index contributed by atoms with van der Waals surface area (Å²) >= 11 is 0. The van der Waals surface area contributed by atoms with E-state index in [0.717, 1.165) is 45.4 Å². The Morgan fingerprint density at radius 1 is 1.32 bits per heavy atom. The molecule has 1 heterocycles. The van der Waals surface area contributed by atoms with Gasteiger partial charge in [-0.05, 0) is 26.8 Å². The van der Waals surface area contributed by atoms with E-state index < -0.39 is 0 Å². The molecule has 0 aromatic heterocycles. The van der Waals surface area contributed by atoms with Crippen LogP contribution in [0.2, 0.25) is 0 Å². The lowest BCUT2D eigenvalue weighted by molar-refractivity contribution is -0.183. The molecule has 5 nitrogen and oxygen atoms in total. The largest absolute Gasteiger partial charge is 0.356 e. The monoisotopic (exact) mass is 270 g/mol. The third-order valence-corrected chi connectivity index (χ3v) is 4.22. The Bertz CT molecular complexity index is 293. The molecule has 2 rings (SSSR count). The van der Waals surface area contributed by atoms with Crippen LogP contribution in [0, 0.1) is 0 Å². The number of hydrogen-bond acceptors (Lipinski definition) is 4. The van der Waals surface area contributed by atoms with Crippen molar-refractivity contribution < 1.29 is 14.3 Å². The van der Waals surface area contributed by atoms with Gasteiger partial charge in [0.15, 0.2) is 5.79 Å². The summed E-state index contributed by atoms with van der Waals surface area (Å²) in [6.45, 7) is 4.95. The average molecular weight is 270 g/mol. The van der Waals surface area contributed by atoms with Crippen LogP contribution in [0.15, 0.2) is 0 Å². The number of hydrogen-bond donors (Lipinski definition) is 1. The second-order valence-electron chi connectivity index (χ2n) is 5.52. The van der Waals surface area contributed by atoms with Gasteiger partial charge in [0.25, 0.3) is 0 Å². The van der Waals surface area contributed by atoms with Gasteiger partial charge in [0.1, 0.15) is 0 Å². The molecular weight excluding hydrogens is 244 g/mol. The van der Waals surface area contributed by atoms with E-state index in [0.29, 0.717) is 19.0 Å². The van der Waals surface area contributed by atoms with Gasteiger partial charge in [-0.25, -0.2) is 0 Å². The molecule has 1 saturated carbocycles. The Kier molecular flexibility index (Phi) is 5.19. The van der Waals surface area contributed by atoms with E-state index in [9.17, 15) is 4.79 Å². The fourth-order valence-electron chi connectivity index (χ4n) is 3.01. The Morgan fingerprint density at radius 3 is 2.53 bits per heavy atom. The van der Waals surface area contributed by atoms with E-state index in [1.807, 2.05) is 6.92 Å². The molecule has 1 spiro atoms. The first-order valence-corrected chi connectivity index (χ1v) is 7.40. The highest BCUT2D eigenvalue weighted by Gasteiger charge is 2.40. The van der Waals surface area contributed by atoms with Gasteiger partial charge >= 0.3 is 0 Å². The smallest absolute Gasteiger partial charge is 0.221 e. The zero-order valence-corrected chi connectivity index (χ0v) is 12.1. The molecule has 1 aliphatic carbocycles. The second-order valence-corrected chi connectivity index (χ2v) is 5.52. The van der Waals surface area contributed by atoms with Gasteiger partial charge in [-0.3, -0.25) is 4.79 Å². The normalized spacial score (nSPS) is 23.1. The highest BCUT2D eigenvalue weighted by Crippen LogP contribution is 2.36. The predicted octanol–water partition coefficient (Wildman–Crippen LogP) is 1.13. The van der Waals surface area contributed by atoms with Crippen LogP contribution in [0.3, 0.4) is 0 Å². The molecule has 1 saturated heterocycles. The van der Waals surface area contributed by atoms with Crippen LogP contribution in [0.25, 0.3) is 0 Å². The van der Waals surface area contributed by atoms with E-state index in [-0.39, 0.29) is 11.7 Å². The van der Waals surface area contributed by atoms with Crippen LogP contribution < -0.4 is 5.32 Å². The van der Waals surface area contributed by atoms with E-state index in [1.165, 1.54) is 0 Å². The molecule has 0 bridgehead atoms. The molecule has 2 fully saturated rings. The number of ether oxygens (including phenoxy) is 2. The van der Waals surface area contributed by atoms with Crippen LogP contribution in [0.4, 0.5) is 0 Å². The maximum absolute atomic E-state index is 11.5. The number of rotatable bonds is 5. The van der Waals surface area contributed by atoms with Crippen molar-refractivity contribution >= 4 is 5.91 Å². The highest BCUT2D eigenvalue weighted by molar-refractivity contribution is 5.75. The number of amides is 1. The Hall–Kier alpha value is -0.650. The summed E-state index contributed by atoms with van der Waals surface area (Å²) in [5.41, 5.74) is 0. The molecule has 5 heteroatoms. The molecule has 1 N–H and O–H groups in total. The van der Waals surface area contributed by atoms with Gasteiger partial charge in [0.2, 0.25) is 5.91 Å².